The molecule has 2 heterocycles. The molecule has 88 valence electrons. The van der Waals surface area contributed by atoms with Crippen molar-refractivity contribution in [3.8, 4) is 0 Å². The average Bonchev–Trinajstić information content (AvgIpc) is 2.59. The lowest BCUT2D eigenvalue weighted by Gasteiger charge is -2.19. The normalized spacial score (nSPS) is 18.0. The molecule has 0 unspecified atom stereocenters. The first kappa shape index (κ1) is 11.3. The molecule has 1 aliphatic heterocycles. The molecule has 0 amide bonds. The fourth-order valence-electron chi connectivity index (χ4n) is 2.10. The minimum Gasteiger partial charge on any atom is -0.369 e. The maximum Gasteiger partial charge on any atom is 0.129 e. The van der Waals surface area contributed by atoms with Crippen molar-refractivity contribution < 1.29 is 0 Å². The van der Waals surface area contributed by atoms with Crippen molar-refractivity contribution in [2.45, 2.75) is 25.7 Å². The predicted molar refractivity (Wildman–Crippen MR) is 65.4 cm³/mol. The van der Waals surface area contributed by atoms with E-state index in [0.717, 1.165) is 18.9 Å². The lowest BCUT2D eigenvalue weighted by Crippen LogP contribution is -2.30. The maximum absolute atomic E-state index is 4.14. The van der Waals surface area contributed by atoms with Crippen molar-refractivity contribution in [3.63, 3.8) is 0 Å². The molecule has 1 aliphatic rings. The van der Waals surface area contributed by atoms with Gasteiger partial charge in [-0.1, -0.05) is 12.8 Å². The largest absolute Gasteiger partial charge is 0.369 e. The number of likely N-dealkylation sites (tertiary alicyclic amines) is 1. The van der Waals surface area contributed by atoms with Crippen LogP contribution in [0.25, 0.3) is 0 Å². The Morgan fingerprint density at radius 3 is 2.69 bits per heavy atom. The second-order valence-electron chi connectivity index (χ2n) is 4.28. The van der Waals surface area contributed by atoms with Crippen LogP contribution in [0.4, 0.5) is 5.82 Å². The second-order valence-corrected chi connectivity index (χ2v) is 4.28. The number of nitrogens with zero attached hydrogens (tertiary/aromatic N) is 3. The van der Waals surface area contributed by atoms with E-state index in [2.05, 4.69) is 20.2 Å². The van der Waals surface area contributed by atoms with Crippen LogP contribution in [0.3, 0.4) is 0 Å². The molecule has 4 nitrogen and oxygen atoms in total. The van der Waals surface area contributed by atoms with Crippen LogP contribution in [-0.4, -0.2) is 41.0 Å². The quantitative estimate of drug-likeness (QED) is 0.839. The first-order chi connectivity index (χ1) is 7.95. The number of hydrogen-bond acceptors (Lipinski definition) is 4. The van der Waals surface area contributed by atoms with Crippen LogP contribution in [0.2, 0.25) is 0 Å². The molecule has 1 N–H and O–H groups in total. The first-order valence-electron chi connectivity index (χ1n) is 6.17. The SMILES string of the molecule is c1cc(NCCN2CCCCCC2)ncn1. The molecule has 0 aliphatic carbocycles. The Labute approximate surface area is 97.1 Å². The Bertz CT molecular complexity index is 280. The van der Waals surface area contributed by atoms with E-state index in [1.165, 1.54) is 38.8 Å². The third-order valence-electron chi connectivity index (χ3n) is 3.01. The fourth-order valence-corrected chi connectivity index (χ4v) is 2.10. The number of anilines is 1. The average molecular weight is 220 g/mol. The van der Waals surface area contributed by atoms with Gasteiger partial charge in [-0.25, -0.2) is 9.97 Å². The van der Waals surface area contributed by atoms with Gasteiger partial charge in [0.2, 0.25) is 0 Å². The highest BCUT2D eigenvalue weighted by atomic mass is 15.1. The van der Waals surface area contributed by atoms with Gasteiger partial charge >= 0.3 is 0 Å². The number of rotatable bonds is 4. The van der Waals surface area contributed by atoms with Gasteiger partial charge in [0.25, 0.3) is 0 Å². The molecule has 0 bridgehead atoms. The zero-order valence-corrected chi connectivity index (χ0v) is 9.73. The Morgan fingerprint density at radius 1 is 1.19 bits per heavy atom. The topological polar surface area (TPSA) is 41.0 Å². The highest BCUT2D eigenvalue weighted by Gasteiger charge is 2.07. The van der Waals surface area contributed by atoms with Gasteiger partial charge in [0.05, 0.1) is 0 Å². The Kier molecular flexibility index (Phi) is 4.55. The molecule has 2 rings (SSSR count). The summed E-state index contributed by atoms with van der Waals surface area (Å²) in [4.78, 5) is 10.6. The van der Waals surface area contributed by atoms with Crippen molar-refractivity contribution in [2.24, 2.45) is 0 Å². The summed E-state index contributed by atoms with van der Waals surface area (Å²) in [6, 6.07) is 1.91. The minimum absolute atomic E-state index is 0.921. The Balaban J connectivity index is 1.67. The van der Waals surface area contributed by atoms with Crippen LogP contribution >= 0.6 is 0 Å². The van der Waals surface area contributed by atoms with E-state index in [9.17, 15) is 0 Å². The van der Waals surface area contributed by atoms with E-state index >= 15 is 0 Å². The smallest absolute Gasteiger partial charge is 0.129 e. The molecule has 1 aromatic rings. The summed E-state index contributed by atoms with van der Waals surface area (Å²) in [5, 5.41) is 3.32. The summed E-state index contributed by atoms with van der Waals surface area (Å²) >= 11 is 0. The van der Waals surface area contributed by atoms with Crippen molar-refractivity contribution >= 4 is 5.82 Å². The van der Waals surface area contributed by atoms with E-state index in [-0.39, 0.29) is 0 Å². The van der Waals surface area contributed by atoms with Crippen LogP contribution in [-0.2, 0) is 0 Å². The molecular formula is C12H20N4. The third-order valence-corrected chi connectivity index (χ3v) is 3.01. The zero-order valence-electron chi connectivity index (χ0n) is 9.73. The van der Waals surface area contributed by atoms with Crippen LogP contribution in [0.1, 0.15) is 25.7 Å². The van der Waals surface area contributed by atoms with Crippen molar-refractivity contribution in [3.05, 3.63) is 18.6 Å². The van der Waals surface area contributed by atoms with Gasteiger partial charge in [-0.15, -0.1) is 0 Å². The lowest BCUT2D eigenvalue weighted by molar-refractivity contribution is 0.296. The highest BCUT2D eigenvalue weighted by Crippen LogP contribution is 2.09. The molecule has 1 fully saturated rings. The molecule has 1 saturated heterocycles. The van der Waals surface area contributed by atoms with E-state index in [0.29, 0.717) is 0 Å². The second kappa shape index (κ2) is 6.43. The Morgan fingerprint density at radius 2 is 2.00 bits per heavy atom. The van der Waals surface area contributed by atoms with E-state index in [1.807, 2.05) is 6.07 Å². The Hall–Kier alpha value is -1.16. The monoisotopic (exact) mass is 220 g/mol. The fraction of sp³-hybridized carbons (Fsp3) is 0.667. The number of nitrogens with one attached hydrogen (secondary N) is 1. The molecule has 0 radical (unpaired) electrons. The van der Waals surface area contributed by atoms with Crippen LogP contribution in [0.15, 0.2) is 18.6 Å². The number of hydrogen-bond donors (Lipinski definition) is 1. The van der Waals surface area contributed by atoms with Gasteiger partial charge in [-0.2, -0.15) is 0 Å². The highest BCUT2D eigenvalue weighted by molar-refractivity contribution is 5.31. The minimum atomic E-state index is 0.921. The van der Waals surface area contributed by atoms with Gasteiger partial charge in [0, 0.05) is 19.3 Å². The summed E-state index contributed by atoms with van der Waals surface area (Å²) < 4.78 is 0. The summed E-state index contributed by atoms with van der Waals surface area (Å²) in [5.41, 5.74) is 0. The van der Waals surface area contributed by atoms with Crippen LogP contribution < -0.4 is 5.32 Å². The number of aromatic nitrogens is 2. The summed E-state index contributed by atoms with van der Waals surface area (Å²) in [5.74, 6) is 0.921. The summed E-state index contributed by atoms with van der Waals surface area (Å²) in [6.07, 6.45) is 8.85. The van der Waals surface area contributed by atoms with E-state index in [1.54, 1.807) is 12.5 Å². The molecule has 0 atom stereocenters. The van der Waals surface area contributed by atoms with Gasteiger partial charge in [-0.05, 0) is 32.0 Å². The predicted octanol–water partition coefficient (Wildman–Crippen LogP) is 1.76. The molecule has 16 heavy (non-hydrogen) atoms. The molecule has 1 aromatic heterocycles. The molecule has 0 saturated carbocycles. The molecule has 0 spiro atoms. The third kappa shape index (κ3) is 3.77. The molecule has 0 aromatic carbocycles. The summed E-state index contributed by atoms with van der Waals surface area (Å²) in [6.45, 7) is 4.60. The van der Waals surface area contributed by atoms with Crippen molar-refractivity contribution in [2.75, 3.05) is 31.5 Å². The molecule has 4 heteroatoms. The van der Waals surface area contributed by atoms with E-state index in [4.69, 9.17) is 0 Å². The van der Waals surface area contributed by atoms with Gasteiger partial charge in [0.1, 0.15) is 12.1 Å². The standard InChI is InChI=1S/C12H20N4/c1-2-4-9-16(8-3-1)10-7-14-12-5-6-13-11-15-12/h5-6,11H,1-4,7-10H2,(H,13,14,15). The lowest BCUT2D eigenvalue weighted by atomic mass is 10.2. The zero-order chi connectivity index (χ0) is 11.1. The molecular weight excluding hydrogens is 200 g/mol. The van der Waals surface area contributed by atoms with Crippen molar-refractivity contribution in [1.29, 1.82) is 0 Å². The summed E-state index contributed by atoms with van der Waals surface area (Å²) in [7, 11) is 0. The van der Waals surface area contributed by atoms with Crippen LogP contribution in [0, 0.1) is 0 Å². The van der Waals surface area contributed by atoms with Gasteiger partial charge in [0.15, 0.2) is 0 Å². The van der Waals surface area contributed by atoms with Gasteiger partial charge in [-0.3, -0.25) is 0 Å². The maximum atomic E-state index is 4.14. The first-order valence-corrected chi connectivity index (χ1v) is 6.17. The van der Waals surface area contributed by atoms with Gasteiger partial charge < -0.3 is 10.2 Å². The van der Waals surface area contributed by atoms with Crippen LogP contribution in [0.5, 0.6) is 0 Å². The van der Waals surface area contributed by atoms with Crippen molar-refractivity contribution in [1.82, 2.24) is 14.9 Å². The van der Waals surface area contributed by atoms with E-state index < -0.39 is 0 Å².